The zero-order valence-corrected chi connectivity index (χ0v) is 4.72. The maximum atomic E-state index is 8.49. The summed E-state index contributed by atoms with van der Waals surface area (Å²) in [5.74, 6) is 0.842. The molecule has 1 rings (SSSR count). The molecule has 0 radical (unpaired) electrons. The van der Waals surface area contributed by atoms with Gasteiger partial charge in [0.25, 0.3) is 0 Å². The van der Waals surface area contributed by atoms with E-state index in [-0.39, 0.29) is 6.61 Å². The first-order valence-electron chi connectivity index (χ1n) is 2.48. The summed E-state index contributed by atoms with van der Waals surface area (Å²) in [6, 6.07) is 1.81. The number of aliphatic hydroxyl groups is 1. The topological polar surface area (TPSA) is 33.4 Å². The van der Waals surface area contributed by atoms with E-state index >= 15 is 0 Å². The lowest BCUT2D eigenvalue weighted by atomic mass is 10.3. The molecule has 2 heteroatoms. The molecule has 44 valence electrons. The molecule has 0 aliphatic heterocycles. The van der Waals surface area contributed by atoms with Crippen LogP contribution in [-0.2, 0) is 6.61 Å². The summed E-state index contributed by atoms with van der Waals surface area (Å²) in [6.45, 7) is 1.91. The molecular formula is C6H8O2. The van der Waals surface area contributed by atoms with Gasteiger partial charge in [-0.2, -0.15) is 0 Å². The standard InChI is InChI=1S/C6H8O2/c1-5-2-6(3-7)4-8-5/h2,4,7H,3H2,1H3. The second-order valence-electron chi connectivity index (χ2n) is 1.72. The van der Waals surface area contributed by atoms with E-state index in [0.717, 1.165) is 11.3 Å². The zero-order valence-electron chi connectivity index (χ0n) is 4.72. The van der Waals surface area contributed by atoms with Crippen LogP contribution in [0.1, 0.15) is 11.3 Å². The summed E-state index contributed by atoms with van der Waals surface area (Å²) in [7, 11) is 0. The number of hydrogen-bond donors (Lipinski definition) is 1. The van der Waals surface area contributed by atoms with E-state index in [9.17, 15) is 0 Å². The largest absolute Gasteiger partial charge is 0.469 e. The summed E-state index contributed by atoms with van der Waals surface area (Å²) in [4.78, 5) is 0. The van der Waals surface area contributed by atoms with Gasteiger partial charge in [0.1, 0.15) is 5.76 Å². The fraction of sp³-hybridized carbons (Fsp3) is 0.333. The minimum absolute atomic E-state index is 0.0668. The van der Waals surface area contributed by atoms with Crippen molar-refractivity contribution in [3.05, 3.63) is 23.7 Å². The molecule has 1 aromatic heterocycles. The Bertz CT molecular complexity index is 167. The Balaban J connectivity index is 2.84. The molecule has 0 aliphatic carbocycles. The van der Waals surface area contributed by atoms with Crippen molar-refractivity contribution in [2.24, 2.45) is 0 Å². The second-order valence-corrected chi connectivity index (χ2v) is 1.72. The first-order chi connectivity index (χ1) is 3.83. The summed E-state index contributed by atoms with van der Waals surface area (Å²) in [5, 5.41) is 8.49. The van der Waals surface area contributed by atoms with Gasteiger partial charge in [0.2, 0.25) is 0 Å². The van der Waals surface area contributed by atoms with Crippen molar-refractivity contribution in [2.45, 2.75) is 13.5 Å². The van der Waals surface area contributed by atoms with Gasteiger partial charge in [0.05, 0.1) is 12.9 Å². The van der Waals surface area contributed by atoms with Crippen LogP contribution in [0.2, 0.25) is 0 Å². The minimum Gasteiger partial charge on any atom is -0.469 e. The van der Waals surface area contributed by atoms with Gasteiger partial charge < -0.3 is 9.52 Å². The lowest BCUT2D eigenvalue weighted by Crippen LogP contribution is -1.73. The first kappa shape index (κ1) is 5.38. The molecular weight excluding hydrogens is 104 g/mol. The fourth-order valence-corrected chi connectivity index (χ4v) is 0.581. The molecule has 0 fully saturated rings. The van der Waals surface area contributed by atoms with E-state index in [1.54, 1.807) is 12.3 Å². The van der Waals surface area contributed by atoms with E-state index in [0.29, 0.717) is 0 Å². The summed E-state index contributed by atoms with van der Waals surface area (Å²) < 4.78 is 4.90. The predicted octanol–water partition coefficient (Wildman–Crippen LogP) is 1.08. The Labute approximate surface area is 47.7 Å². The fourth-order valence-electron chi connectivity index (χ4n) is 0.581. The highest BCUT2D eigenvalue weighted by Crippen LogP contribution is 2.04. The van der Waals surface area contributed by atoms with Crippen molar-refractivity contribution in [1.29, 1.82) is 0 Å². The summed E-state index contributed by atoms with van der Waals surface area (Å²) in [5.41, 5.74) is 0.836. The van der Waals surface area contributed by atoms with Gasteiger partial charge in [0.15, 0.2) is 0 Å². The lowest BCUT2D eigenvalue weighted by Gasteiger charge is -1.77. The van der Waals surface area contributed by atoms with Crippen LogP contribution in [0, 0.1) is 6.92 Å². The number of aliphatic hydroxyl groups excluding tert-OH is 1. The third-order valence-electron chi connectivity index (χ3n) is 0.967. The monoisotopic (exact) mass is 112 g/mol. The third-order valence-corrected chi connectivity index (χ3v) is 0.967. The molecule has 2 nitrogen and oxygen atoms in total. The van der Waals surface area contributed by atoms with Crippen molar-refractivity contribution >= 4 is 0 Å². The molecule has 0 unspecified atom stereocenters. The van der Waals surface area contributed by atoms with Crippen molar-refractivity contribution < 1.29 is 9.52 Å². The summed E-state index contributed by atoms with van der Waals surface area (Å²) >= 11 is 0. The number of aryl methyl sites for hydroxylation is 1. The molecule has 0 atom stereocenters. The van der Waals surface area contributed by atoms with Crippen LogP contribution in [-0.4, -0.2) is 5.11 Å². The van der Waals surface area contributed by atoms with Gasteiger partial charge in [-0.25, -0.2) is 0 Å². The molecule has 0 spiro atoms. The van der Waals surface area contributed by atoms with Crippen molar-refractivity contribution in [3.8, 4) is 0 Å². The maximum Gasteiger partial charge on any atom is 0.101 e. The molecule has 8 heavy (non-hydrogen) atoms. The van der Waals surface area contributed by atoms with E-state index in [1.165, 1.54) is 0 Å². The maximum absolute atomic E-state index is 8.49. The number of furan rings is 1. The van der Waals surface area contributed by atoms with Crippen LogP contribution >= 0.6 is 0 Å². The Morgan fingerprint density at radius 3 is 2.75 bits per heavy atom. The summed E-state index contributed by atoms with van der Waals surface area (Å²) in [6.07, 6.45) is 1.55. The van der Waals surface area contributed by atoms with Crippen molar-refractivity contribution in [3.63, 3.8) is 0 Å². The van der Waals surface area contributed by atoms with Crippen LogP contribution in [0.15, 0.2) is 16.7 Å². The van der Waals surface area contributed by atoms with Gasteiger partial charge in [-0.1, -0.05) is 0 Å². The van der Waals surface area contributed by atoms with E-state index in [2.05, 4.69) is 0 Å². The van der Waals surface area contributed by atoms with E-state index in [4.69, 9.17) is 9.52 Å². The Kier molecular flexibility index (Phi) is 1.35. The third kappa shape index (κ3) is 0.898. The predicted molar refractivity (Wildman–Crippen MR) is 29.4 cm³/mol. The van der Waals surface area contributed by atoms with Gasteiger partial charge in [-0.15, -0.1) is 0 Å². The Hall–Kier alpha value is -0.760. The molecule has 0 bridgehead atoms. The van der Waals surface area contributed by atoms with Gasteiger partial charge in [-0.3, -0.25) is 0 Å². The highest BCUT2D eigenvalue weighted by molar-refractivity contribution is 5.09. The van der Waals surface area contributed by atoms with Gasteiger partial charge in [-0.05, 0) is 13.0 Å². The molecule has 1 heterocycles. The average molecular weight is 112 g/mol. The molecule has 0 saturated heterocycles. The van der Waals surface area contributed by atoms with Gasteiger partial charge in [0, 0.05) is 5.56 Å². The lowest BCUT2D eigenvalue weighted by molar-refractivity contribution is 0.280. The van der Waals surface area contributed by atoms with Gasteiger partial charge >= 0.3 is 0 Å². The molecule has 0 aromatic carbocycles. The SMILES string of the molecule is Cc1cc(CO)co1. The smallest absolute Gasteiger partial charge is 0.101 e. The average Bonchev–Trinajstić information content (AvgIpc) is 2.14. The highest BCUT2D eigenvalue weighted by atomic mass is 16.3. The number of rotatable bonds is 1. The quantitative estimate of drug-likeness (QED) is 0.589. The highest BCUT2D eigenvalue weighted by Gasteiger charge is 1.91. The number of hydrogen-bond acceptors (Lipinski definition) is 2. The van der Waals surface area contributed by atoms with Crippen molar-refractivity contribution in [1.82, 2.24) is 0 Å². The van der Waals surface area contributed by atoms with Crippen LogP contribution in [0.4, 0.5) is 0 Å². The van der Waals surface area contributed by atoms with Crippen LogP contribution in [0.5, 0.6) is 0 Å². The molecule has 0 amide bonds. The Morgan fingerprint density at radius 1 is 1.75 bits per heavy atom. The molecule has 0 aliphatic rings. The van der Waals surface area contributed by atoms with Crippen LogP contribution in [0.25, 0.3) is 0 Å². The molecule has 1 aromatic rings. The van der Waals surface area contributed by atoms with Crippen molar-refractivity contribution in [2.75, 3.05) is 0 Å². The van der Waals surface area contributed by atoms with Crippen LogP contribution < -0.4 is 0 Å². The molecule has 0 saturated carbocycles. The molecule has 1 N–H and O–H groups in total. The Morgan fingerprint density at radius 2 is 2.50 bits per heavy atom. The first-order valence-corrected chi connectivity index (χ1v) is 2.48. The second kappa shape index (κ2) is 2.01. The van der Waals surface area contributed by atoms with E-state index in [1.807, 2.05) is 6.92 Å². The van der Waals surface area contributed by atoms with E-state index < -0.39 is 0 Å². The minimum atomic E-state index is 0.0668. The van der Waals surface area contributed by atoms with Crippen LogP contribution in [0.3, 0.4) is 0 Å². The normalized spacial score (nSPS) is 9.75. The zero-order chi connectivity index (χ0) is 5.98.